The second kappa shape index (κ2) is 4.39. The van der Waals surface area contributed by atoms with Crippen LogP contribution in [0.15, 0.2) is 12.1 Å². The van der Waals surface area contributed by atoms with Crippen LogP contribution < -0.4 is 0 Å². The summed E-state index contributed by atoms with van der Waals surface area (Å²) in [6, 6.07) is 2.71. The lowest BCUT2D eigenvalue weighted by molar-refractivity contribution is -0.155. The molecule has 0 bridgehead atoms. The van der Waals surface area contributed by atoms with E-state index in [0.29, 0.717) is 23.6 Å². The van der Waals surface area contributed by atoms with Crippen molar-refractivity contribution in [3.8, 4) is 0 Å². The number of ether oxygens (including phenoxy) is 2. The number of esters is 1. The zero-order chi connectivity index (χ0) is 11.7. The summed E-state index contributed by atoms with van der Waals surface area (Å²) >= 11 is 5.95. The minimum atomic E-state index is -1.01. The van der Waals surface area contributed by atoms with Crippen molar-refractivity contribution in [1.29, 1.82) is 0 Å². The molecule has 0 aromatic heterocycles. The fraction of sp³-hybridized carbons (Fsp3) is 0.364. The lowest BCUT2D eigenvalue weighted by Crippen LogP contribution is -2.25. The highest BCUT2D eigenvalue weighted by atomic mass is 35.5. The van der Waals surface area contributed by atoms with E-state index in [1.165, 1.54) is 19.2 Å². The molecule has 5 heteroatoms. The van der Waals surface area contributed by atoms with Crippen LogP contribution in [0.25, 0.3) is 0 Å². The second-order valence-electron chi connectivity index (χ2n) is 3.45. The molecule has 0 fully saturated rings. The molecule has 0 aliphatic carbocycles. The molecule has 1 atom stereocenters. The first-order valence-corrected chi connectivity index (χ1v) is 5.19. The van der Waals surface area contributed by atoms with E-state index >= 15 is 0 Å². The zero-order valence-electron chi connectivity index (χ0n) is 8.63. The Kier molecular flexibility index (Phi) is 3.12. The largest absolute Gasteiger partial charge is 0.467 e. The van der Waals surface area contributed by atoms with Crippen LogP contribution in [-0.2, 0) is 20.7 Å². The number of fused-ring (bicyclic) bond motifs is 1. The number of rotatable bonds is 1. The van der Waals surface area contributed by atoms with E-state index in [-0.39, 0.29) is 5.56 Å². The molecule has 1 heterocycles. The Morgan fingerprint density at radius 1 is 1.62 bits per heavy atom. The molecule has 0 spiro atoms. The number of carbonyl (C=O) groups excluding carboxylic acids is 1. The molecule has 1 aromatic carbocycles. The molecular formula is C11H10ClFO3. The van der Waals surface area contributed by atoms with Gasteiger partial charge in [-0.2, -0.15) is 0 Å². The van der Waals surface area contributed by atoms with E-state index in [4.69, 9.17) is 16.3 Å². The first-order chi connectivity index (χ1) is 7.65. The van der Waals surface area contributed by atoms with E-state index in [0.717, 1.165) is 0 Å². The van der Waals surface area contributed by atoms with Gasteiger partial charge in [-0.25, -0.2) is 9.18 Å². The van der Waals surface area contributed by atoms with Gasteiger partial charge >= 0.3 is 5.97 Å². The quantitative estimate of drug-likeness (QED) is 0.711. The van der Waals surface area contributed by atoms with Crippen LogP contribution in [0, 0.1) is 5.82 Å². The number of hydrogen-bond donors (Lipinski definition) is 0. The predicted octanol–water partition coefficient (Wildman–Crippen LogP) is 2.27. The monoisotopic (exact) mass is 244 g/mol. The summed E-state index contributed by atoms with van der Waals surface area (Å²) in [5, 5.41) is 0.452. The average Bonchev–Trinajstić information content (AvgIpc) is 2.32. The number of benzene rings is 1. The van der Waals surface area contributed by atoms with Gasteiger partial charge in [-0.15, -0.1) is 0 Å². The van der Waals surface area contributed by atoms with Crippen molar-refractivity contribution in [2.45, 2.75) is 12.5 Å². The molecule has 3 nitrogen and oxygen atoms in total. The molecule has 86 valence electrons. The summed E-state index contributed by atoms with van der Waals surface area (Å²) < 4.78 is 23.4. The predicted molar refractivity (Wildman–Crippen MR) is 55.8 cm³/mol. The van der Waals surface area contributed by atoms with Crippen molar-refractivity contribution in [3.05, 3.63) is 34.1 Å². The summed E-state index contributed by atoms with van der Waals surface area (Å²) in [6.07, 6.45) is -0.508. The summed E-state index contributed by atoms with van der Waals surface area (Å²) in [4.78, 5) is 11.4. The number of hydrogen-bond acceptors (Lipinski definition) is 3. The minimum Gasteiger partial charge on any atom is -0.467 e. The van der Waals surface area contributed by atoms with Crippen molar-refractivity contribution in [3.63, 3.8) is 0 Å². The molecule has 0 saturated heterocycles. The Balaban J connectivity index is 2.53. The lowest BCUT2D eigenvalue weighted by atomic mass is 9.97. The highest BCUT2D eigenvalue weighted by Gasteiger charge is 2.32. The molecule has 16 heavy (non-hydrogen) atoms. The normalized spacial score (nSPS) is 19.1. The summed E-state index contributed by atoms with van der Waals surface area (Å²) in [5.41, 5.74) is 0.828. The third kappa shape index (κ3) is 1.79. The number of halogens is 2. The molecule has 1 aliphatic heterocycles. The summed E-state index contributed by atoms with van der Waals surface area (Å²) in [5.74, 6) is -1.10. The Hall–Kier alpha value is -1.13. The van der Waals surface area contributed by atoms with Crippen LogP contribution in [0.1, 0.15) is 17.2 Å². The van der Waals surface area contributed by atoms with E-state index in [1.54, 1.807) is 0 Å². The van der Waals surface area contributed by atoms with Gasteiger partial charge in [0.15, 0.2) is 6.10 Å². The van der Waals surface area contributed by atoms with Crippen LogP contribution in [0.3, 0.4) is 0 Å². The molecule has 0 saturated carbocycles. The summed E-state index contributed by atoms with van der Waals surface area (Å²) in [6.45, 7) is 0.329. The second-order valence-corrected chi connectivity index (χ2v) is 3.85. The molecule has 0 amide bonds. The molecule has 1 aromatic rings. The van der Waals surface area contributed by atoms with Gasteiger partial charge in [0.2, 0.25) is 0 Å². The Labute approximate surface area is 97.1 Å². The van der Waals surface area contributed by atoms with Crippen LogP contribution in [-0.4, -0.2) is 19.7 Å². The number of carbonyl (C=O) groups is 1. The van der Waals surface area contributed by atoms with Crippen LogP contribution in [0.5, 0.6) is 0 Å². The molecular weight excluding hydrogens is 235 g/mol. The highest BCUT2D eigenvalue weighted by Crippen LogP contribution is 2.34. The van der Waals surface area contributed by atoms with Gasteiger partial charge in [-0.05, 0) is 24.1 Å². The molecule has 1 unspecified atom stereocenters. The zero-order valence-corrected chi connectivity index (χ0v) is 9.38. The van der Waals surface area contributed by atoms with Gasteiger partial charge in [-0.1, -0.05) is 11.6 Å². The maximum atomic E-state index is 13.7. The van der Waals surface area contributed by atoms with Gasteiger partial charge in [0.1, 0.15) is 5.82 Å². The van der Waals surface area contributed by atoms with Crippen LogP contribution in [0.2, 0.25) is 5.02 Å². The Morgan fingerprint density at radius 2 is 2.38 bits per heavy atom. The Bertz CT molecular complexity index is 433. The third-order valence-electron chi connectivity index (χ3n) is 2.56. The van der Waals surface area contributed by atoms with Crippen LogP contribution >= 0.6 is 11.6 Å². The van der Waals surface area contributed by atoms with E-state index < -0.39 is 17.9 Å². The van der Waals surface area contributed by atoms with Gasteiger partial charge in [-0.3, -0.25) is 0 Å². The average molecular weight is 245 g/mol. The van der Waals surface area contributed by atoms with Gasteiger partial charge in [0.25, 0.3) is 0 Å². The molecule has 1 aliphatic rings. The Morgan fingerprint density at radius 3 is 3.06 bits per heavy atom. The summed E-state index contributed by atoms with van der Waals surface area (Å²) in [7, 11) is 1.24. The van der Waals surface area contributed by atoms with Crippen molar-refractivity contribution >= 4 is 17.6 Å². The maximum absolute atomic E-state index is 13.7. The van der Waals surface area contributed by atoms with Crippen molar-refractivity contribution in [2.24, 2.45) is 0 Å². The lowest BCUT2D eigenvalue weighted by Gasteiger charge is -2.25. The van der Waals surface area contributed by atoms with Gasteiger partial charge in [0.05, 0.1) is 13.7 Å². The van der Waals surface area contributed by atoms with E-state index in [2.05, 4.69) is 4.74 Å². The highest BCUT2D eigenvalue weighted by molar-refractivity contribution is 6.31. The molecule has 0 N–H and O–H groups in total. The first kappa shape index (κ1) is 11.4. The fourth-order valence-corrected chi connectivity index (χ4v) is 2.06. The van der Waals surface area contributed by atoms with E-state index in [1.807, 2.05) is 0 Å². The molecule has 0 radical (unpaired) electrons. The van der Waals surface area contributed by atoms with Crippen LogP contribution in [0.4, 0.5) is 4.39 Å². The minimum absolute atomic E-state index is 0.200. The standard InChI is InChI=1S/C11H10ClFO3/c1-15-11(14)10-9-6(4-5-16-10)7(12)2-3-8(9)13/h2-3,10H,4-5H2,1H3. The topological polar surface area (TPSA) is 35.5 Å². The van der Waals surface area contributed by atoms with Gasteiger partial charge < -0.3 is 9.47 Å². The maximum Gasteiger partial charge on any atom is 0.339 e. The molecule has 2 rings (SSSR count). The first-order valence-electron chi connectivity index (χ1n) is 4.81. The SMILES string of the molecule is COC(=O)C1OCCc2c(Cl)ccc(F)c21. The smallest absolute Gasteiger partial charge is 0.339 e. The fourth-order valence-electron chi connectivity index (χ4n) is 1.80. The van der Waals surface area contributed by atoms with Crippen molar-refractivity contribution < 1.29 is 18.7 Å². The van der Waals surface area contributed by atoms with Gasteiger partial charge in [0, 0.05) is 10.6 Å². The third-order valence-corrected chi connectivity index (χ3v) is 2.91. The number of methoxy groups -OCH3 is 1. The van der Waals surface area contributed by atoms with Crippen molar-refractivity contribution in [1.82, 2.24) is 0 Å². The van der Waals surface area contributed by atoms with Crippen molar-refractivity contribution in [2.75, 3.05) is 13.7 Å². The van der Waals surface area contributed by atoms with E-state index in [9.17, 15) is 9.18 Å².